The molecule has 2 aromatic rings. The Morgan fingerprint density at radius 2 is 1.70 bits per heavy atom. The maximum Gasteiger partial charge on any atom is 0.294 e. The number of ether oxygens (including phenoxy) is 2. The summed E-state index contributed by atoms with van der Waals surface area (Å²) in [5, 5.41) is 2.24. The fraction of sp³-hybridized carbons (Fsp3) is 0.227. The van der Waals surface area contributed by atoms with Crippen LogP contribution in [0.3, 0.4) is 0 Å². The van der Waals surface area contributed by atoms with Crippen molar-refractivity contribution in [2.45, 2.75) is 13.8 Å². The van der Waals surface area contributed by atoms with E-state index >= 15 is 0 Å². The molecule has 1 fully saturated rings. The zero-order valence-corrected chi connectivity index (χ0v) is 18.0. The van der Waals surface area contributed by atoms with Gasteiger partial charge in [0.2, 0.25) is 5.91 Å². The molecule has 0 aliphatic carbocycles. The van der Waals surface area contributed by atoms with E-state index in [4.69, 9.17) is 9.47 Å². The number of hydrogen-bond acceptors (Lipinski definition) is 6. The number of thioether (sulfide) groups is 1. The van der Waals surface area contributed by atoms with Crippen LogP contribution in [0, 0.1) is 13.8 Å². The van der Waals surface area contributed by atoms with E-state index in [1.807, 2.05) is 26.0 Å². The number of methoxy groups -OCH3 is 2. The molecule has 0 spiro atoms. The summed E-state index contributed by atoms with van der Waals surface area (Å²) in [5.41, 5.74) is 3.42. The van der Waals surface area contributed by atoms with E-state index in [-0.39, 0.29) is 11.4 Å². The Bertz CT molecular complexity index is 1030. The number of nitrogens with zero attached hydrogens (tertiary/aromatic N) is 1. The van der Waals surface area contributed by atoms with E-state index in [1.165, 1.54) is 14.2 Å². The summed E-state index contributed by atoms with van der Waals surface area (Å²) in [5.74, 6) is 0.173. The van der Waals surface area contributed by atoms with Gasteiger partial charge in [-0.25, -0.2) is 0 Å². The van der Waals surface area contributed by atoms with Gasteiger partial charge in [0.15, 0.2) is 0 Å². The molecule has 1 heterocycles. The maximum absolute atomic E-state index is 12.7. The van der Waals surface area contributed by atoms with Crippen LogP contribution in [0.2, 0.25) is 0 Å². The van der Waals surface area contributed by atoms with E-state index in [0.717, 1.165) is 27.8 Å². The van der Waals surface area contributed by atoms with E-state index in [1.54, 1.807) is 30.3 Å². The number of imide groups is 1. The van der Waals surface area contributed by atoms with Gasteiger partial charge in [-0.15, -0.1) is 0 Å². The monoisotopic (exact) mass is 426 g/mol. The Morgan fingerprint density at radius 3 is 2.30 bits per heavy atom. The highest BCUT2D eigenvalue weighted by atomic mass is 32.2. The lowest BCUT2D eigenvalue weighted by Crippen LogP contribution is -2.36. The molecule has 2 aromatic carbocycles. The number of carbonyl (C=O) groups is 3. The lowest BCUT2D eigenvalue weighted by molar-refractivity contribution is -0.127. The molecule has 0 radical (unpaired) electrons. The van der Waals surface area contributed by atoms with Crippen LogP contribution in [0.5, 0.6) is 11.5 Å². The molecule has 1 N–H and O–H groups in total. The summed E-state index contributed by atoms with van der Waals surface area (Å²) < 4.78 is 10.4. The number of hydrogen-bond donors (Lipinski definition) is 1. The average Bonchev–Trinajstić information content (AvgIpc) is 2.97. The minimum Gasteiger partial charge on any atom is -0.497 e. The highest BCUT2D eigenvalue weighted by Crippen LogP contribution is 2.33. The van der Waals surface area contributed by atoms with Crippen molar-refractivity contribution < 1.29 is 23.9 Å². The van der Waals surface area contributed by atoms with Gasteiger partial charge in [0.1, 0.15) is 18.0 Å². The molecule has 7 nitrogen and oxygen atoms in total. The summed E-state index contributed by atoms with van der Waals surface area (Å²) in [6, 6.07) is 10.7. The van der Waals surface area contributed by atoms with Gasteiger partial charge in [0.05, 0.1) is 19.1 Å². The molecular weight excluding hydrogens is 404 g/mol. The Morgan fingerprint density at radius 1 is 1.03 bits per heavy atom. The molecule has 156 valence electrons. The minimum atomic E-state index is -0.512. The molecule has 8 heteroatoms. The van der Waals surface area contributed by atoms with Gasteiger partial charge < -0.3 is 14.8 Å². The third-order valence-corrected chi connectivity index (χ3v) is 5.54. The van der Waals surface area contributed by atoms with Crippen LogP contribution in [0.15, 0.2) is 41.3 Å². The molecule has 1 aliphatic heterocycles. The van der Waals surface area contributed by atoms with Gasteiger partial charge in [-0.3, -0.25) is 19.3 Å². The minimum absolute atomic E-state index is 0.231. The second-order valence-corrected chi connectivity index (χ2v) is 7.75. The first kappa shape index (κ1) is 21.4. The first-order chi connectivity index (χ1) is 14.3. The number of amides is 3. The highest BCUT2D eigenvalue weighted by molar-refractivity contribution is 8.18. The predicted molar refractivity (Wildman–Crippen MR) is 117 cm³/mol. The molecule has 0 atom stereocenters. The van der Waals surface area contributed by atoms with E-state index in [0.29, 0.717) is 22.7 Å². The van der Waals surface area contributed by atoms with Crippen molar-refractivity contribution in [1.29, 1.82) is 0 Å². The van der Waals surface area contributed by atoms with E-state index in [2.05, 4.69) is 5.32 Å². The Kier molecular flexibility index (Phi) is 6.47. The lowest BCUT2D eigenvalue weighted by atomic mass is 10.1. The van der Waals surface area contributed by atoms with Crippen LogP contribution in [0.25, 0.3) is 6.08 Å². The van der Waals surface area contributed by atoms with Crippen molar-refractivity contribution in [3.63, 3.8) is 0 Å². The van der Waals surface area contributed by atoms with Crippen LogP contribution in [0.1, 0.15) is 16.7 Å². The Labute approximate surface area is 179 Å². The van der Waals surface area contributed by atoms with Crippen molar-refractivity contribution in [2.24, 2.45) is 0 Å². The first-order valence-electron chi connectivity index (χ1n) is 9.16. The molecule has 1 saturated heterocycles. The molecule has 30 heavy (non-hydrogen) atoms. The van der Waals surface area contributed by atoms with Gasteiger partial charge in [0.25, 0.3) is 11.1 Å². The summed E-state index contributed by atoms with van der Waals surface area (Å²) in [6.45, 7) is 3.57. The SMILES string of the molecule is COc1cc(/C=C2/SC(=O)N(CC(=O)Nc3ccc(C)c(C)c3)C2=O)cc(OC)c1. The smallest absolute Gasteiger partial charge is 0.294 e. The fourth-order valence-corrected chi connectivity index (χ4v) is 3.70. The van der Waals surface area contributed by atoms with Crippen LogP contribution in [-0.2, 0) is 9.59 Å². The van der Waals surface area contributed by atoms with Crippen molar-refractivity contribution in [1.82, 2.24) is 4.90 Å². The number of aryl methyl sites for hydroxylation is 2. The number of anilines is 1. The average molecular weight is 426 g/mol. The van der Waals surface area contributed by atoms with Crippen LogP contribution < -0.4 is 14.8 Å². The van der Waals surface area contributed by atoms with Crippen molar-refractivity contribution in [3.8, 4) is 11.5 Å². The molecule has 0 unspecified atom stereocenters. The molecule has 0 bridgehead atoms. The zero-order valence-electron chi connectivity index (χ0n) is 17.1. The quantitative estimate of drug-likeness (QED) is 0.703. The summed E-state index contributed by atoms with van der Waals surface area (Å²) in [6.07, 6.45) is 1.58. The first-order valence-corrected chi connectivity index (χ1v) is 9.98. The summed E-state index contributed by atoms with van der Waals surface area (Å²) in [4.78, 5) is 38.5. The fourth-order valence-electron chi connectivity index (χ4n) is 2.86. The van der Waals surface area contributed by atoms with Crippen LogP contribution in [0.4, 0.5) is 10.5 Å². The number of carbonyl (C=O) groups excluding carboxylic acids is 3. The molecular formula is C22H22N2O5S. The second kappa shape index (κ2) is 9.04. The normalized spacial score (nSPS) is 14.9. The van der Waals surface area contributed by atoms with Crippen molar-refractivity contribution in [3.05, 3.63) is 58.0 Å². The standard InChI is InChI=1S/C22H22N2O5S/c1-13-5-6-16(7-14(13)2)23-20(25)12-24-21(26)19(30-22(24)27)10-15-8-17(28-3)11-18(9-15)29-4/h5-11H,12H2,1-4H3,(H,23,25)/b19-10+. The lowest BCUT2D eigenvalue weighted by Gasteiger charge is -2.13. The van der Waals surface area contributed by atoms with E-state index < -0.39 is 17.1 Å². The predicted octanol–water partition coefficient (Wildman–Crippen LogP) is 4.00. The molecule has 1 aliphatic rings. The van der Waals surface area contributed by atoms with Gasteiger partial charge in [-0.2, -0.15) is 0 Å². The molecule has 0 saturated carbocycles. The molecule has 0 aromatic heterocycles. The maximum atomic E-state index is 12.7. The Balaban J connectivity index is 1.73. The number of benzene rings is 2. The van der Waals surface area contributed by atoms with Gasteiger partial charge >= 0.3 is 0 Å². The second-order valence-electron chi connectivity index (χ2n) is 6.76. The molecule has 3 amide bonds. The van der Waals surface area contributed by atoms with Crippen LogP contribution in [-0.4, -0.2) is 42.7 Å². The van der Waals surface area contributed by atoms with Crippen molar-refractivity contribution >= 4 is 40.6 Å². The summed E-state index contributed by atoms with van der Waals surface area (Å²) in [7, 11) is 3.06. The summed E-state index contributed by atoms with van der Waals surface area (Å²) >= 11 is 0.793. The number of rotatable bonds is 6. The van der Waals surface area contributed by atoms with Gasteiger partial charge in [0, 0.05) is 11.8 Å². The van der Waals surface area contributed by atoms with Crippen LogP contribution >= 0.6 is 11.8 Å². The highest BCUT2D eigenvalue weighted by Gasteiger charge is 2.36. The zero-order chi connectivity index (χ0) is 21.8. The third-order valence-electron chi connectivity index (χ3n) is 4.64. The van der Waals surface area contributed by atoms with Crippen molar-refractivity contribution in [2.75, 3.05) is 26.1 Å². The topological polar surface area (TPSA) is 84.9 Å². The largest absolute Gasteiger partial charge is 0.497 e. The van der Waals surface area contributed by atoms with Gasteiger partial charge in [-0.1, -0.05) is 6.07 Å². The van der Waals surface area contributed by atoms with Gasteiger partial charge in [-0.05, 0) is 72.6 Å². The van der Waals surface area contributed by atoms with E-state index in [9.17, 15) is 14.4 Å². The molecule has 3 rings (SSSR count). The third kappa shape index (κ3) is 4.83. The number of nitrogens with one attached hydrogen (secondary N) is 1. The Hall–Kier alpha value is -3.26.